The van der Waals surface area contributed by atoms with Crippen molar-refractivity contribution >= 4 is 15.7 Å². The summed E-state index contributed by atoms with van der Waals surface area (Å²) in [6, 6.07) is 7.58. The van der Waals surface area contributed by atoms with Gasteiger partial charge in [0.15, 0.2) is 0 Å². The lowest BCUT2D eigenvalue weighted by Gasteiger charge is -2.34. The van der Waals surface area contributed by atoms with Crippen LogP contribution in [0.1, 0.15) is 6.92 Å². The number of sulfonamides is 1. The maximum atomic E-state index is 12.4. The molecule has 0 bridgehead atoms. The number of nitrogens with zero attached hydrogens (tertiary/aromatic N) is 2. The second-order valence-corrected chi connectivity index (χ2v) is 7.18. The molecule has 0 aliphatic carbocycles. The van der Waals surface area contributed by atoms with Crippen LogP contribution in [0, 0.1) is 0 Å². The molecule has 106 valence electrons. The first-order valence-corrected chi connectivity index (χ1v) is 7.87. The summed E-state index contributed by atoms with van der Waals surface area (Å²) >= 11 is 0. The number of rotatable bonds is 3. The molecule has 6 heteroatoms. The lowest BCUT2D eigenvalue weighted by atomic mass is 10.2. The molecule has 0 saturated carbocycles. The first kappa shape index (κ1) is 14.3. The van der Waals surface area contributed by atoms with E-state index in [9.17, 15) is 8.42 Å². The summed E-state index contributed by atoms with van der Waals surface area (Å²) in [4.78, 5) is 2.52. The Labute approximate surface area is 115 Å². The highest BCUT2D eigenvalue weighted by Crippen LogP contribution is 2.27. The number of piperazine rings is 1. The van der Waals surface area contributed by atoms with Crippen LogP contribution in [0.2, 0.25) is 0 Å². The molecule has 1 fully saturated rings. The molecule has 1 atom stereocenters. The van der Waals surface area contributed by atoms with Gasteiger partial charge < -0.3 is 10.2 Å². The van der Waals surface area contributed by atoms with Crippen LogP contribution in [0.15, 0.2) is 29.2 Å². The van der Waals surface area contributed by atoms with Gasteiger partial charge in [0, 0.05) is 39.8 Å². The fraction of sp³-hybridized carbons (Fsp3) is 0.538. The van der Waals surface area contributed by atoms with Gasteiger partial charge in [0.05, 0.1) is 5.69 Å². The van der Waals surface area contributed by atoms with Gasteiger partial charge in [-0.2, -0.15) is 0 Å². The number of benzene rings is 1. The summed E-state index contributed by atoms with van der Waals surface area (Å²) in [5, 5.41) is 3.36. The van der Waals surface area contributed by atoms with E-state index in [1.807, 2.05) is 12.1 Å². The molecule has 0 unspecified atom stereocenters. The molecule has 1 aliphatic rings. The fourth-order valence-electron chi connectivity index (χ4n) is 2.28. The molecule has 1 heterocycles. The molecule has 1 aliphatic heterocycles. The van der Waals surface area contributed by atoms with Gasteiger partial charge in [0.2, 0.25) is 10.0 Å². The first-order valence-electron chi connectivity index (χ1n) is 6.43. The highest BCUT2D eigenvalue weighted by molar-refractivity contribution is 7.89. The van der Waals surface area contributed by atoms with Crippen molar-refractivity contribution in [2.75, 3.05) is 38.6 Å². The Morgan fingerprint density at radius 2 is 2.00 bits per heavy atom. The highest BCUT2D eigenvalue weighted by Gasteiger charge is 2.25. The standard InChI is InChI=1S/C13H21N3O2S/c1-11-10-16(9-8-14-11)12-6-4-5-7-13(12)19(17,18)15(2)3/h4-7,11,14H,8-10H2,1-3H3/t11-/m0/s1. The Morgan fingerprint density at radius 3 is 2.63 bits per heavy atom. The van der Waals surface area contributed by atoms with Gasteiger partial charge in [-0.25, -0.2) is 12.7 Å². The zero-order valence-corrected chi connectivity index (χ0v) is 12.4. The minimum atomic E-state index is -3.40. The molecular weight excluding hydrogens is 262 g/mol. The second-order valence-electron chi connectivity index (χ2n) is 5.06. The van der Waals surface area contributed by atoms with Gasteiger partial charge in [0.25, 0.3) is 0 Å². The number of nitrogens with one attached hydrogen (secondary N) is 1. The summed E-state index contributed by atoms with van der Waals surface area (Å²) < 4.78 is 26.0. The monoisotopic (exact) mass is 283 g/mol. The van der Waals surface area contributed by atoms with E-state index in [1.54, 1.807) is 26.2 Å². The normalized spacial score (nSPS) is 20.8. The summed E-state index contributed by atoms with van der Waals surface area (Å²) in [5.74, 6) is 0. The Hall–Kier alpha value is -1.11. The molecule has 1 aromatic rings. The molecule has 1 saturated heterocycles. The summed E-state index contributed by atoms with van der Waals surface area (Å²) in [6.07, 6.45) is 0. The Kier molecular flexibility index (Phi) is 4.13. The second kappa shape index (κ2) is 5.48. The van der Waals surface area contributed by atoms with Crippen molar-refractivity contribution in [3.63, 3.8) is 0 Å². The van der Waals surface area contributed by atoms with E-state index in [2.05, 4.69) is 17.1 Å². The van der Waals surface area contributed by atoms with E-state index in [0.717, 1.165) is 25.3 Å². The average molecular weight is 283 g/mol. The summed E-state index contributed by atoms with van der Waals surface area (Å²) in [7, 11) is -0.279. The van der Waals surface area contributed by atoms with E-state index < -0.39 is 10.0 Å². The molecule has 0 spiro atoms. The van der Waals surface area contributed by atoms with Crippen molar-refractivity contribution in [1.82, 2.24) is 9.62 Å². The van der Waals surface area contributed by atoms with Gasteiger partial charge in [-0.05, 0) is 19.1 Å². The molecule has 0 aromatic heterocycles. The molecule has 5 nitrogen and oxygen atoms in total. The van der Waals surface area contributed by atoms with Crippen molar-refractivity contribution in [1.29, 1.82) is 0 Å². The minimum Gasteiger partial charge on any atom is -0.368 e. The van der Waals surface area contributed by atoms with Crippen LogP contribution in [-0.2, 0) is 10.0 Å². The fourth-order valence-corrected chi connectivity index (χ4v) is 3.39. The van der Waals surface area contributed by atoms with Crippen molar-refractivity contribution in [3.05, 3.63) is 24.3 Å². The third-order valence-electron chi connectivity index (χ3n) is 3.33. The molecule has 1 N–H and O–H groups in total. The molecular formula is C13H21N3O2S. The maximum absolute atomic E-state index is 12.4. The summed E-state index contributed by atoms with van der Waals surface area (Å²) in [6.45, 7) is 4.62. The molecule has 1 aromatic carbocycles. The average Bonchev–Trinajstić information content (AvgIpc) is 2.38. The van der Waals surface area contributed by atoms with Crippen LogP contribution < -0.4 is 10.2 Å². The SMILES string of the molecule is C[C@H]1CN(c2ccccc2S(=O)(=O)N(C)C)CCN1. The van der Waals surface area contributed by atoms with Crippen molar-refractivity contribution in [3.8, 4) is 0 Å². The molecule has 0 radical (unpaired) electrons. The van der Waals surface area contributed by atoms with Gasteiger partial charge in [-0.3, -0.25) is 0 Å². The van der Waals surface area contributed by atoms with E-state index >= 15 is 0 Å². The third kappa shape index (κ3) is 2.91. The zero-order chi connectivity index (χ0) is 14.0. The molecule has 0 amide bonds. The largest absolute Gasteiger partial charge is 0.368 e. The topological polar surface area (TPSA) is 52.7 Å². The van der Waals surface area contributed by atoms with Crippen LogP contribution >= 0.6 is 0 Å². The van der Waals surface area contributed by atoms with Crippen LogP contribution in [0.3, 0.4) is 0 Å². The Bertz CT molecular complexity index is 543. The quantitative estimate of drug-likeness (QED) is 0.889. The van der Waals surface area contributed by atoms with E-state index in [1.165, 1.54) is 4.31 Å². The predicted octanol–water partition coefficient (Wildman–Crippen LogP) is 0.735. The zero-order valence-electron chi connectivity index (χ0n) is 11.6. The minimum absolute atomic E-state index is 0.365. The number of para-hydroxylation sites is 1. The van der Waals surface area contributed by atoms with Crippen molar-refractivity contribution in [2.24, 2.45) is 0 Å². The van der Waals surface area contributed by atoms with E-state index in [4.69, 9.17) is 0 Å². The van der Waals surface area contributed by atoms with Crippen LogP contribution in [-0.4, -0.2) is 52.5 Å². The molecule has 2 rings (SSSR count). The smallest absolute Gasteiger partial charge is 0.244 e. The lowest BCUT2D eigenvalue weighted by Crippen LogP contribution is -2.49. The maximum Gasteiger partial charge on any atom is 0.244 e. The lowest BCUT2D eigenvalue weighted by molar-refractivity contribution is 0.481. The first-order chi connectivity index (χ1) is 8.93. The van der Waals surface area contributed by atoms with Crippen LogP contribution in [0.4, 0.5) is 5.69 Å². The van der Waals surface area contributed by atoms with Gasteiger partial charge in [0.1, 0.15) is 4.90 Å². The van der Waals surface area contributed by atoms with Crippen LogP contribution in [0.5, 0.6) is 0 Å². The van der Waals surface area contributed by atoms with Gasteiger partial charge >= 0.3 is 0 Å². The van der Waals surface area contributed by atoms with Gasteiger partial charge in [-0.15, -0.1) is 0 Å². The number of hydrogen-bond acceptors (Lipinski definition) is 4. The Morgan fingerprint density at radius 1 is 1.32 bits per heavy atom. The Balaban J connectivity index is 2.42. The number of anilines is 1. The van der Waals surface area contributed by atoms with E-state index in [0.29, 0.717) is 10.9 Å². The third-order valence-corrected chi connectivity index (χ3v) is 5.20. The van der Waals surface area contributed by atoms with Gasteiger partial charge in [-0.1, -0.05) is 12.1 Å². The molecule has 19 heavy (non-hydrogen) atoms. The van der Waals surface area contributed by atoms with Crippen molar-refractivity contribution in [2.45, 2.75) is 17.9 Å². The predicted molar refractivity (Wildman–Crippen MR) is 77.0 cm³/mol. The van der Waals surface area contributed by atoms with Crippen molar-refractivity contribution < 1.29 is 8.42 Å². The van der Waals surface area contributed by atoms with Crippen LogP contribution in [0.25, 0.3) is 0 Å². The summed E-state index contributed by atoms with van der Waals surface area (Å²) in [5.41, 5.74) is 0.796. The van der Waals surface area contributed by atoms with E-state index in [-0.39, 0.29) is 0 Å². The number of hydrogen-bond donors (Lipinski definition) is 1. The highest BCUT2D eigenvalue weighted by atomic mass is 32.2.